The molecule has 9 nitrogen and oxygen atoms in total. The van der Waals surface area contributed by atoms with Gasteiger partial charge in [0, 0.05) is 12.2 Å². The lowest BCUT2D eigenvalue weighted by atomic mass is 9.99. The van der Waals surface area contributed by atoms with E-state index in [1.54, 1.807) is 52.0 Å². The molecule has 3 amide bonds. The summed E-state index contributed by atoms with van der Waals surface area (Å²) in [5.41, 5.74) is 6.47. The second-order valence-corrected chi connectivity index (χ2v) is 8.70. The molecule has 1 rings (SSSR count). The predicted octanol–water partition coefficient (Wildman–Crippen LogP) is 0.337. The van der Waals surface area contributed by atoms with Crippen LogP contribution in [0.25, 0.3) is 0 Å². The Labute approximate surface area is 194 Å². The van der Waals surface area contributed by atoms with Gasteiger partial charge in [-0.25, -0.2) is 4.79 Å². The Hall–Kier alpha value is -2.59. The fraction of sp³-hybridized carbons (Fsp3) is 0.545. The van der Waals surface area contributed by atoms with Gasteiger partial charge in [0.05, 0.1) is 6.04 Å². The smallest absolute Gasteiger partial charge is 0.326 e. The highest BCUT2D eigenvalue weighted by Crippen LogP contribution is 2.09. The van der Waals surface area contributed by atoms with E-state index in [4.69, 9.17) is 5.73 Å². The largest absolute Gasteiger partial charge is 0.480 e. The fourth-order valence-electron chi connectivity index (χ4n) is 2.97. The normalized spacial score (nSPS) is 14.9. The highest BCUT2D eigenvalue weighted by molar-refractivity contribution is 7.80. The molecule has 0 fully saturated rings. The minimum absolute atomic E-state index is 0.114. The maximum Gasteiger partial charge on any atom is 0.326 e. The molecule has 0 radical (unpaired) electrons. The van der Waals surface area contributed by atoms with E-state index >= 15 is 0 Å². The van der Waals surface area contributed by atoms with E-state index < -0.39 is 47.9 Å². The van der Waals surface area contributed by atoms with E-state index in [1.807, 2.05) is 6.07 Å². The van der Waals surface area contributed by atoms with Gasteiger partial charge in [-0.2, -0.15) is 12.6 Å². The topological polar surface area (TPSA) is 151 Å². The molecule has 0 aliphatic carbocycles. The Kier molecular flexibility index (Phi) is 11.2. The number of nitrogens with two attached hydrogens (primary N) is 1. The number of rotatable bonds is 12. The van der Waals surface area contributed by atoms with Crippen molar-refractivity contribution in [2.24, 2.45) is 17.6 Å². The number of benzene rings is 1. The van der Waals surface area contributed by atoms with E-state index in [-0.39, 0.29) is 24.0 Å². The zero-order valence-electron chi connectivity index (χ0n) is 18.9. The molecule has 0 aliphatic heterocycles. The van der Waals surface area contributed by atoms with Gasteiger partial charge in [0.2, 0.25) is 17.7 Å². The molecule has 0 aliphatic rings. The van der Waals surface area contributed by atoms with E-state index in [0.29, 0.717) is 0 Å². The van der Waals surface area contributed by atoms with Crippen molar-refractivity contribution in [2.45, 2.75) is 58.3 Å². The number of carbonyl (C=O) groups is 4. The lowest BCUT2D eigenvalue weighted by Gasteiger charge is -2.27. The number of amides is 3. The third-order valence-corrected chi connectivity index (χ3v) is 5.32. The van der Waals surface area contributed by atoms with Crippen LogP contribution in [0.1, 0.15) is 33.3 Å². The molecule has 0 saturated heterocycles. The Morgan fingerprint density at radius 1 is 0.875 bits per heavy atom. The van der Waals surface area contributed by atoms with Crippen molar-refractivity contribution < 1.29 is 24.3 Å². The fourth-order valence-corrected chi connectivity index (χ4v) is 3.13. The van der Waals surface area contributed by atoms with E-state index in [0.717, 1.165) is 5.56 Å². The minimum atomic E-state index is -1.16. The average Bonchev–Trinajstić information content (AvgIpc) is 2.74. The molecule has 0 aromatic heterocycles. The van der Waals surface area contributed by atoms with Crippen LogP contribution in [0.2, 0.25) is 0 Å². The Morgan fingerprint density at radius 2 is 1.41 bits per heavy atom. The van der Waals surface area contributed by atoms with E-state index in [2.05, 4.69) is 28.6 Å². The molecule has 0 heterocycles. The van der Waals surface area contributed by atoms with Gasteiger partial charge >= 0.3 is 5.97 Å². The van der Waals surface area contributed by atoms with Crippen LogP contribution in [0, 0.1) is 11.8 Å². The van der Waals surface area contributed by atoms with Gasteiger partial charge in [0.1, 0.15) is 18.1 Å². The first kappa shape index (κ1) is 27.4. The summed E-state index contributed by atoms with van der Waals surface area (Å²) in [6, 6.07) is 5.08. The van der Waals surface area contributed by atoms with Gasteiger partial charge in [-0.15, -0.1) is 0 Å². The van der Waals surface area contributed by atoms with Crippen LogP contribution in [0.4, 0.5) is 0 Å². The third-order valence-electron chi connectivity index (χ3n) is 4.93. The van der Waals surface area contributed by atoms with Crippen molar-refractivity contribution in [2.75, 3.05) is 5.75 Å². The molecular weight excluding hydrogens is 432 g/mol. The first-order valence-electron chi connectivity index (χ1n) is 10.5. The van der Waals surface area contributed by atoms with Gasteiger partial charge in [-0.3, -0.25) is 14.4 Å². The summed E-state index contributed by atoms with van der Waals surface area (Å²) in [7, 11) is 0. The number of hydrogen-bond acceptors (Lipinski definition) is 6. The van der Waals surface area contributed by atoms with Gasteiger partial charge in [-0.05, 0) is 17.4 Å². The molecule has 0 bridgehead atoms. The summed E-state index contributed by atoms with van der Waals surface area (Å²) in [6.45, 7) is 6.86. The second-order valence-electron chi connectivity index (χ2n) is 8.34. The summed E-state index contributed by atoms with van der Waals surface area (Å²) in [5.74, 6) is -3.39. The number of hydrogen-bond donors (Lipinski definition) is 6. The predicted molar refractivity (Wildman–Crippen MR) is 125 cm³/mol. The molecule has 4 unspecified atom stereocenters. The van der Waals surface area contributed by atoms with Crippen LogP contribution < -0.4 is 21.7 Å². The Balaban J connectivity index is 3.09. The molecule has 6 N–H and O–H groups in total. The summed E-state index contributed by atoms with van der Waals surface area (Å²) >= 11 is 4.00. The van der Waals surface area contributed by atoms with Crippen LogP contribution in [0.15, 0.2) is 30.3 Å². The maximum atomic E-state index is 13.0. The molecular formula is C22H34N4O5S. The van der Waals surface area contributed by atoms with Crippen LogP contribution >= 0.6 is 12.6 Å². The second kappa shape index (κ2) is 13.1. The van der Waals surface area contributed by atoms with E-state index in [9.17, 15) is 24.3 Å². The molecule has 1 aromatic carbocycles. The van der Waals surface area contributed by atoms with Crippen molar-refractivity contribution in [3.63, 3.8) is 0 Å². The molecule has 1 aromatic rings. The molecule has 32 heavy (non-hydrogen) atoms. The van der Waals surface area contributed by atoms with Crippen LogP contribution in [0.3, 0.4) is 0 Å². The molecule has 10 heteroatoms. The minimum Gasteiger partial charge on any atom is -0.480 e. The maximum absolute atomic E-state index is 13.0. The summed E-state index contributed by atoms with van der Waals surface area (Å²) in [6.07, 6.45) is 0.151. The number of aliphatic carboxylic acids is 1. The number of nitrogens with one attached hydrogen (secondary N) is 3. The Morgan fingerprint density at radius 3 is 1.88 bits per heavy atom. The van der Waals surface area contributed by atoms with Crippen LogP contribution in [-0.4, -0.2) is 58.7 Å². The third kappa shape index (κ3) is 8.51. The zero-order valence-corrected chi connectivity index (χ0v) is 19.8. The number of thiol groups is 1. The average molecular weight is 467 g/mol. The highest BCUT2D eigenvalue weighted by atomic mass is 32.1. The first-order chi connectivity index (χ1) is 15.0. The van der Waals surface area contributed by atoms with Crippen molar-refractivity contribution in [3.05, 3.63) is 35.9 Å². The molecule has 0 saturated carbocycles. The van der Waals surface area contributed by atoms with Gasteiger partial charge < -0.3 is 26.8 Å². The molecule has 0 spiro atoms. The number of carboxylic acid groups (broad SMARTS) is 1. The lowest BCUT2D eigenvalue weighted by Crippen LogP contribution is -2.59. The van der Waals surface area contributed by atoms with Gasteiger partial charge in [-0.1, -0.05) is 58.0 Å². The van der Waals surface area contributed by atoms with Crippen LogP contribution in [0.5, 0.6) is 0 Å². The summed E-state index contributed by atoms with van der Waals surface area (Å²) in [5, 5.41) is 17.2. The Bertz CT molecular complexity index is 788. The van der Waals surface area contributed by atoms with Crippen molar-refractivity contribution >= 4 is 36.3 Å². The first-order valence-corrected chi connectivity index (χ1v) is 11.1. The van der Waals surface area contributed by atoms with Crippen molar-refractivity contribution in [1.29, 1.82) is 0 Å². The standard InChI is InChI=1S/C22H34N4O5S/c1-12(2)17(25-19(27)15(23)11-32)21(29)24-16(10-14-8-6-5-7-9-14)20(28)26-18(13(3)4)22(30)31/h5-9,12-13,15-18,32H,10-11,23H2,1-4H3,(H,24,29)(H,25,27)(H,26,28)(H,30,31). The summed E-state index contributed by atoms with van der Waals surface area (Å²) in [4.78, 5) is 49.7. The van der Waals surface area contributed by atoms with Crippen molar-refractivity contribution in [1.82, 2.24) is 16.0 Å². The van der Waals surface area contributed by atoms with E-state index in [1.165, 1.54) is 0 Å². The van der Waals surface area contributed by atoms with Crippen LogP contribution in [-0.2, 0) is 25.6 Å². The lowest BCUT2D eigenvalue weighted by molar-refractivity contribution is -0.143. The highest BCUT2D eigenvalue weighted by Gasteiger charge is 2.32. The molecule has 4 atom stereocenters. The number of carbonyl (C=O) groups excluding carboxylic acids is 3. The zero-order chi connectivity index (χ0) is 24.4. The van der Waals surface area contributed by atoms with Crippen molar-refractivity contribution in [3.8, 4) is 0 Å². The molecule has 178 valence electrons. The monoisotopic (exact) mass is 466 g/mol. The number of carboxylic acids is 1. The van der Waals surface area contributed by atoms with Gasteiger partial charge in [0.25, 0.3) is 0 Å². The van der Waals surface area contributed by atoms with Gasteiger partial charge in [0.15, 0.2) is 0 Å². The quantitative estimate of drug-likeness (QED) is 0.245. The summed E-state index contributed by atoms with van der Waals surface area (Å²) < 4.78 is 0. The SMILES string of the molecule is CC(C)C(NC(=O)C(Cc1ccccc1)NC(=O)C(NC(=O)C(N)CS)C(C)C)C(=O)O.